The Kier molecular flexibility index (Phi) is 4.58. The van der Waals surface area contributed by atoms with Crippen molar-refractivity contribution in [3.63, 3.8) is 0 Å². The van der Waals surface area contributed by atoms with Gasteiger partial charge in [0.2, 0.25) is 0 Å². The molecule has 7 heteroatoms. The summed E-state index contributed by atoms with van der Waals surface area (Å²) >= 11 is 0. The number of H-pyrrole nitrogens is 1. The zero-order valence-corrected chi connectivity index (χ0v) is 16.7. The number of likely N-dealkylation sites (tertiary alicyclic amines) is 2. The monoisotopic (exact) mass is 401 g/mol. The number of nitrogens with one attached hydrogen (secondary N) is 1. The van der Waals surface area contributed by atoms with E-state index in [0.717, 1.165) is 11.1 Å². The minimum atomic E-state index is -0.109. The molecule has 2 aliphatic rings. The summed E-state index contributed by atoms with van der Waals surface area (Å²) in [7, 11) is 0. The third-order valence-electron chi connectivity index (χ3n) is 6.37. The quantitative estimate of drug-likeness (QED) is 0.732. The molecule has 1 N–H and O–H groups in total. The van der Waals surface area contributed by atoms with Crippen LogP contribution >= 0.6 is 0 Å². The average Bonchev–Trinajstić information content (AvgIpc) is 3.50. The molecule has 2 saturated heterocycles. The molecule has 0 spiro atoms. The van der Waals surface area contributed by atoms with Crippen LogP contribution in [0.15, 0.2) is 60.8 Å². The molecule has 2 amide bonds. The molecule has 5 rings (SSSR count). The van der Waals surface area contributed by atoms with Crippen LogP contribution in [0.5, 0.6) is 0 Å². The minimum Gasteiger partial charge on any atom is -0.336 e. The number of aromatic nitrogens is 3. The van der Waals surface area contributed by atoms with Gasteiger partial charge >= 0.3 is 0 Å². The fourth-order valence-corrected chi connectivity index (χ4v) is 4.95. The molecular formula is C23H23N5O2. The van der Waals surface area contributed by atoms with Crippen LogP contribution < -0.4 is 0 Å². The first-order valence-electron chi connectivity index (χ1n) is 10.2. The zero-order chi connectivity index (χ0) is 20.7. The Morgan fingerprint density at radius 1 is 0.967 bits per heavy atom. The third-order valence-corrected chi connectivity index (χ3v) is 6.37. The van der Waals surface area contributed by atoms with Crippen LogP contribution in [0.4, 0.5) is 0 Å². The topological polar surface area (TPSA) is 82.2 Å². The first-order chi connectivity index (χ1) is 14.6. The van der Waals surface area contributed by atoms with Crippen molar-refractivity contribution in [1.29, 1.82) is 0 Å². The summed E-state index contributed by atoms with van der Waals surface area (Å²) < 4.78 is 0. The molecule has 3 heterocycles. The first-order valence-corrected chi connectivity index (χ1v) is 10.2. The van der Waals surface area contributed by atoms with Gasteiger partial charge in [0.25, 0.3) is 11.8 Å². The molecule has 2 aromatic carbocycles. The van der Waals surface area contributed by atoms with Crippen molar-refractivity contribution in [1.82, 2.24) is 25.2 Å². The maximum atomic E-state index is 13.4. The van der Waals surface area contributed by atoms with Crippen molar-refractivity contribution in [3.8, 4) is 0 Å². The Bertz CT molecular complexity index is 1070. The molecule has 0 radical (unpaired) electrons. The highest BCUT2D eigenvalue weighted by Crippen LogP contribution is 2.46. The second-order valence-electron chi connectivity index (χ2n) is 8.11. The van der Waals surface area contributed by atoms with Crippen molar-refractivity contribution >= 4 is 11.8 Å². The van der Waals surface area contributed by atoms with Gasteiger partial charge in [-0.2, -0.15) is 15.4 Å². The van der Waals surface area contributed by atoms with Gasteiger partial charge in [-0.05, 0) is 30.2 Å². The molecule has 7 nitrogen and oxygen atoms in total. The second kappa shape index (κ2) is 7.40. The summed E-state index contributed by atoms with van der Waals surface area (Å²) in [5, 5.41) is 10.2. The van der Waals surface area contributed by atoms with Gasteiger partial charge < -0.3 is 9.80 Å². The van der Waals surface area contributed by atoms with Gasteiger partial charge in [-0.3, -0.25) is 9.59 Å². The number of carbonyl (C=O) groups excluding carboxylic acids is 2. The predicted octanol–water partition coefficient (Wildman–Crippen LogP) is 2.70. The minimum absolute atomic E-state index is 0.0487. The van der Waals surface area contributed by atoms with Gasteiger partial charge in [0.1, 0.15) is 0 Å². The Hall–Kier alpha value is -3.48. The van der Waals surface area contributed by atoms with E-state index in [0.29, 0.717) is 30.9 Å². The summed E-state index contributed by atoms with van der Waals surface area (Å²) in [4.78, 5) is 30.1. The van der Waals surface area contributed by atoms with Gasteiger partial charge in [0.15, 0.2) is 5.69 Å². The average molecular weight is 401 g/mol. The van der Waals surface area contributed by atoms with Gasteiger partial charge in [-0.15, -0.1) is 0 Å². The van der Waals surface area contributed by atoms with Gasteiger partial charge in [-0.25, -0.2) is 0 Å². The van der Waals surface area contributed by atoms with E-state index < -0.39 is 0 Å². The Balaban J connectivity index is 1.47. The standard InChI is InChI=1S/C23H23N5O2/c1-15-7-5-6-10-18(15)21-19-14-27(23(30)20-11-24-26-25-20)12-17(19)13-28(21)22(29)16-8-3-2-4-9-16/h2-11,17,19,21H,12-14H2,1H3,(H,24,25,26)/t17-,19-,21+/m0/s1. The lowest BCUT2D eigenvalue weighted by Crippen LogP contribution is -2.37. The van der Waals surface area contributed by atoms with E-state index in [9.17, 15) is 9.59 Å². The summed E-state index contributed by atoms with van der Waals surface area (Å²) in [5.41, 5.74) is 3.35. The van der Waals surface area contributed by atoms with E-state index in [-0.39, 0.29) is 29.7 Å². The second-order valence-corrected chi connectivity index (χ2v) is 8.11. The summed E-state index contributed by atoms with van der Waals surface area (Å²) in [6, 6.07) is 17.6. The van der Waals surface area contributed by atoms with Crippen molar-refractivity contribution < 1.29 is 9.59 Å². The van der Waals surface area contributed by atoms with Crippen LogP contribution in [0.2, 0.25) is 0 Å². The Morgan fingerprint density at radius 2 is 1.73 bits per heavy atom. The molecule has 0 saturated carbocycles. The largest absolute Gasteiger partial charge is 0.336 e. The van der Waals surface area contributed by atoms with Crippen molar-refractivity contribution in [2.75, 3.05) is 19.6 Å². The third kappa shape index (κ3) is 3.07. The molecule has 152 valence electrons. The van der Waals surface area contributed by atoms with E-state index >= 15 is 0 Å². The smallest absolute Gasteiger partial charge is 0.276 e. The van der Waals surface area contributed by atoms with Crippen LogP contribution in [0.3, 0.4) is 0 Å². The lowest BCUT2D eigenvalue weighted by Gasteiger charge is -2.31. The van der Waals surface area contributed by atoms with Gasteiger partial charge in [0.05, 0.1) is 12.2 Å². The highest BCUT2D eigenvalue weighted by Gasteiger charge is 2.50. The van der Waals surface area contributed by atoms with Crippen LogP contribution in [0, 0.1) is 18.8 Å². The van der Waals surface area contributed by atoms with Gasteiger partial charge in [0, 0.05) is 37.0 Å². The molecule has 3 atom stereocenters. The normalized spacial score (nSPS) is 22.9. The number of rotatable bonds is 3. The van der Waals surface area contributed by atoms with Crippen molar-refractivity contribution in [2.45, 2.75) is 13.0 Å². The fourth-order valence-electron chi connectivity index (χ4n) is 4.95. The summed E-state index contributed by atoms with van der Waals surface area (Å²) in [6.07, 6.45) is 1.46. The van der Waals surface area contributed by atoms with E-state index in [1.165, 1.54) is 6.20 Å². The number of fused-ring (bicyclic) bond motifs is 1. The SMILES string of the molecule is Cc1ccccc1[C@@H]1[C@H]2CN(C(=O)c3cn[nH]n3)C[C@H]2CN1C(=O)c1ccccc1. The summed E-state index contributed by atoms with van der Waals surface area (Å²) in [5.74, 6) is 0.364. The first kappa shape index (κ1) is 18.5. The molecule has 30 heavy (non-hydrogen) atoms. The number of hydrogen-bond acceptors (Lipinski definition) is 4. The highest BCUT2D eigenvalue weighted by atomic mass is 16.2. The Labute approximate surface area is 174 Å². The number of nitrogens with zero attached hydrogens (tertiary/aromatic N) is 4. The number of benzene rings is 2. The zero-order valence-electron chi connectivity index (χ0n) is 16.7. The molecular weight excluding hydrogens is 378 g/mol. The molecule has 1 aromatic heterocycles. The maximum Gasteiger partial charge on any atom is 0.276 e. The molecule has 2 fully saturated rings. The molecule has 3 aromatic rings. The number of amides is 2. The molecule has 0 aliphatic carbocycles. The number of aryl methyl sites for hydroxylation is 1. The highest BCUT2D eigenvalue weighted by molar-refractivity contribution is 5.95. The Morgan fingerprint density at radius 3 is 2.47 bits per heavy atom. The fraction of sp³-hybridized carbons (Fsp3) is 0.304. The van der Waals surface area contributed by atoms with Crippen molar-refractivity contribution in [3.05, 3.63) is 83.2 Å². The number of aromatic amines is 1. The molecule has 0 unspecified atom stereocenters. The predicted molar refractivity (Wildman–Crippen MR) is 111 cm³/mol. The molecule has 0 bridgehead atoms. The van der Waals surface area contributed by atoms with E-state index in [1.807, 2.05) is 52.3 Å². The maximum absolute atomic E-state index is 13.4. The van der Waals surface area contributed by atoms with Gasteiger partial charge in [-0.1, -0.05) is 42.5 Å². The van der Waals surface area contributed by atoms with Crippen LogP contribution in [-0.4, -0.2) is 56.7 Å². The van der Waals surface area contributed by atoms with E-state index in [1.54, 1.807) is 0 Å². The van der Waals surface area contributed by atoms with Crippen LogP contribution in [0.1, 0.15) is 38.0 Å². The van der Waals surface area contributed by atoms with Crippen LogP contribution in [0.25, 0.3) is 0 Å². The number of carbonyl (C=O) groups is 2. The van der Waals surface area contributed by atoms with E-state index in [2.05, 4.69) is 34.5 Å². The summed E-state index contributed by atoms with van der Waals surface area (Å²) in [6.45, 7) is 3.95. The lowest BCUT2D eigenvalue weighted by atomic mass is 9.87. The number of hydrogen-bond donors (Lipinski definition) is 1. The van der Waals surface area contributed by atoms with Crippen LogP contribution in [-0.2, 0) is 0 Å². The van der Waals surface area contributed by atoms with E-state index in [4.69, 9.17) is 0 Å². The van der Waals surface area contributed by atoms with Crippen molar-refractivity contribution in [2.24, 2.45) is 11.8 Å². The lowest BCUT2D eigenvalue weighted by molar-refractivity contribution is 0.0675. The molecule has 2 aliphatic heterocycles.